The van der Waals surface area contributed by atoms with Gasteiger partial charge in [0.15, 0.2) is 5.78 Å². The van der Waals surface area contributed by atoms with Gasteiger partial charge in [0.1, 0.15) is 11.6 Å². The molecular formula is C21H18N2O3. The Kier molecular flexibility index (Phi) is 5.39. The summed E-state index contributed by atoms with van der Waals surface area (Å²) in [7, 11) is 1.58. The first-order chi connectivity index (χ1) is 12.7. The lowest BCUT2D eigenvalue weighted by Crippen LogP contribution is -2.13. The van der Waals surface area contributed by atoms with E-state index in [1.165, 1.54) is 0 Å². The largest absolute Gasteiger partial charge is 0.497 e. The average molecular weight is 346 g/mol. The van der Waals surface area contributed by atoms with Gasteiger partial charge in [0.25, 0.3) is 5.91 Å². The first-order valence-electron chi connectivity index (χ1n) is 8.14. The number of amides is 1. The highest BCUT2D eigenvalue weighted by atomic mass is 16.5. The van der Waals surface area contributed by atoms with Crippen LogP contribution in [0, 0.1) is 0 Å². The molecule has 1 aromatic heterocycles. The highest BCUT2D eigenvalue weighted by Gasteiger charge is 2.10. The quantitative estimate of drug-likeness (QED) is 0.690. The average Bonchev–Trinajstić information content (AvgIpc) is 2.69. The molecule has 0 unspecified atom stereocenters. The van der Waals surface area contributed by atoms with Crippen LogP contribution in [0.1, 0.15) is 26.3 Å². The number of anilines is 1. The van der Waals surface area contributed by atoms with Crippen molar-refractivity contribution in [3.05, 3.63) is 89.6 Å². The molecule has 0 aliphatic heterocycles. The predicted octanol–water partition coefficient (Wildman–Crippen LogP) is 3.77. The summed E-state index contributed by atoms with van der Waals surface area (Å²) in [6.45, 7) is 0. The van der Waals surface area contributed by atoms with Gasteiger partial charge in [-0.05, 0) is 54.1 Å². The van der Waals surface area contributed by atoms with Gasteiger partial charge in [0.2, 0.25) is 0 Å². The molecule has 0 aliphatic carbocycles. The number of Topliss-reactive ketones (excluding diaryl/α,β-unsaturated/α-hetero) is 1. The van der Waals surface area contributed by atoms with Gasteiger partial charge in [0.05, 0.1) is 7.11 Å². The topological polar surface area (TPSA) is 68.3 Å². The second kappa shape index (κ2) is 8.07. The standard InChI is InChI=1S/C21H18N2O3/c1-26-18-9-7-16(8-10-18)19(24)13-15-11-12-22-20(14-15)23-21(25)17-5-3-2-4-6-17/h2-12,14H,13H2,1H3,(H,22,23,25). The van der Waals surface area contributed by atoms with Crippen molar-refractivity contribution in [3.63, 3.8) is 0 Å². The zero-order chi connectivity index (χ0) is 18.4. The van der Waals surface area contributed by atoms with Crippen LogP contribution in [0.25, 0.3) is 0 Å². The molecule has 0 spiro atoms. The molecule has 0 bridgehead atoms. The molecule has 3 rings (SSSR count). The second-order valence-electron chi connectivity index (χ2n) is 5.70. The van der Waals surface area contributed by atoms with Crippen molar-refractivity contribution >= 4 is 17.5 Å². The number of methoxy groups -OCH3 is 1. The Balaban J connectivity index is 1.68. The van der Waals surface area contributed by atoms with Crippen LogP contribution in [-0.4, -0.2) is 23.8 Å². The van der Waals surface area contributed by atoms with Gasteiger partial charge in [-0.25, -0.2) is 4.98 Å². The number of ketones is 1. The third-order valence-electron chi connectivity index (χ3n) is 3.88. The van der Waals surface area contributed by atoms with Crippen molar-refractivity contribution in [1.82, 2.24) is 4.98 Å². The van der Waals surface area contributed by atoms with Crippen LogP contribution < -0.4 is 10.1 Å². The van der Waals surface area contributed by atoms with E-state index in [1.54, 1.807) is 74.0 Å². The molecule has 0 aliphatic rings. The fourth-order valence-corrected chi connectivity index (χ4v) is 2.49. The maximum Gasteiger partial charge on any atom is 0.256 e. The van der Waals surface area contributed by atoms with Gasteiger partial charge in [0, 0.05) is 23.7 Å². The van der Waals surface area contributed by atoms with Gasteiger partial charge in [-0.15, -0.1) is 0 Å². The number of hydrogen-bond acceptors (Lipinski definition) is 4. The molecule has 0 atom stereocenters. The van der Waals surface area contributed by atoms with Crippen molar-refractivity contribution in [3.8, 4) is 5.75 Å². The fourth-order valence-electron chi connectivity index (χ4n) is 2.49. The van der Waals surface area contributed by atoms with E-state index in [0.29, 0.717) is 22.7 Å². The minimum Gasteiger partial charge on any atom is -0.497 e. The van der Waals surface area contributed by atoms with E-state index in [0.717, 1.165) is 5.56 Å². The first kappa shape index (κ1) is 17.4. The number of pyridine rings is 1. The van der Waals surface area contributed by atoms with Gasteiger partial charge in [-0.1, -0.05) is 18.2 Å². The van der Waals surface area contributed by atoms with E-state index in [1.807, 2.05) is 6.07 Å². The van der Waals surface area contributed by atoms with E-state index in [9.17, 15) is 9.59 Å². The summed E-state index contributed by atoms with van der Waals surface area (Å²) >= 11 is 0. The molecule has 26 heavy (non-hydrogen) atoms. The minimum atomic E-state index is -0.239. The Labute approximate surface area is 151 Å². The third kappa shape index (κ3) is 4.33. The highest BCUT2D eigenvalue weighted by molar-refractivity contribution is 6.03. The van der Waals surface area contributed by atoms with Crippen LogP contribution in [0.2, 0.25) is 0 Å². The van der Waals surface area contributed by atoms with Crippen LogP contribution in [0.5, 0.6) is 5.75 Å². The molecule has 0 radical (unpaired) electrons. The lowest BCUT2D eigenvalue weighted by atomic mass is 10.0. The van der Waals surface area contributed by atoms with Gasteiger partial charge < -0.3 is 10.1 Å². The Morgan fingerprint density at radius 3 is 2.38 bits per heavy atom. The molecule has 5 nitrogen and oxygen atoms in total. The van der Waals surface area contributed by atoms with E-state index < -0.39 is 0 Å². The second-order valence-corrected chi connectivity index (χ2v) is 5.70. The van der Waals surface area contributed by atoms with Crippen molar-refractivity contribution in [2.75, 3.05) is 12.4 Å². The number of rotatable bonds is 6. The number of carbonyl (C=O) groups is 2. The zero-order valence-corrected chi connectivity index (χ0v) is 14.3. The summed E-state index contributed by atoms with van der Waals surface area (Å²) in [6.07, 6.45) is 1.81. The Bertz CT molecular complexity index is 906. The normalized spacial score (nSPS) is 10.2. The molecule has 5 heteroatoms. The van der Waals surface area contributed by atoms with Gasteiger partial charge in [-0.3, -0.25) is 9.59 Å². The molecule has 1 heterocycles. The minimum absolute atomic E-state index is 0.0146. The maximum atomic E-state index is 12.4. The zero-order valence-electron chi connectivity index (χ0n) is 14.3. The summed E-state index contributed by atoms with van der Waals surface area (Å²) in [5.74, 6) is 0.867. The smallest absolute Gasteiger partial charge is 0.256 e. The van der Waals surface area contributed by atoms with Crippen molar-refractivity contribution in [2.45, 2.75) is 6.42 Å². The number of benzene rings is 2. The lowest BCUT2D eigenvalue weighted by molar-refractivity contribution is 0.0991. The monoisotopic (exact) mass is 346 g/mol. The molecule has 3 aromatic rings. The molecule has 0 saturated heterocycles. The lowest BCUT2D eigenvalue weighted by Gasteiger charge is -2.07. The van der Waals surface area contributed by atoms with Gasteiger partial charge in [-0.2, -0.15) is 0 Å². The summed E-state index contributed by atoms with van der Waals surface area (Å²) in [5.41, 5.74) is 1.94. The van der Waals surface area contributed by atoms with Crippen molar-refractivity contribution in [2.24, 2.45) is 0 Å². The molecule has 1 N–H and O–H groups in total. The van der Waals surface area contributed by atoms with E-state index in [4.69, 9.17) is 4.74 Å². The molecule has 1 amide bonds. The predicted molar refractivity (Wildman–Crippen MR) is 99.7 cm³/mol. The molecule has 130 valence electrons. The Hall–Kier alpha value is -3.47. The number of nitrogens with zero attached hydrogens (tertiary/aromatic N) is 1. The fraction of sp³-hybridized carbons (Fsp3) is 0.0952. The molecule has 0 saturated carbocycles. The number of ether oxygens (including phenoxy) is 1. The summed E-state index contributed by atoms with van der Waals surface area (Å²) in [6, 6.07) is 19.4. The number of nitrogens with one attached hydrogen (secondary N) is 1. The summed E-state index contributed by atoms with van der Waals surface area (Å²) in [4.78, 5) is 28.8. The van der Waals surface area contributed by atoms with Crippen LogP contribution in [0.4, 0.5) is 5.82 Å². The highest BCUT2D eigenvalue weighted by Crippen LogP contribution is 2.15. The number of carbonyl (C=O) groups excluding carboxylic acids is 2. The van der Waals surface area contributed by atoms with Crippen LogP contribution >= 0.6 is 0 Å². The van der Waals surface area contributed by atoms with Crippen LogP contribution in [0.15, 0.2) is 72.9 Å². The number of hydrogen-bond donors (Lipinski definition) is 1. The molecule has 2 aromatic carbocycles. The molecule has 0 fully saturated rings. The number of aromatic nitrogens is 1. The maximum absolute atomic E-state index is 12.4. The van der Waals surface area contributed by atoms with Crippen LogP contribution in [0.3, 0.4) is 0 Å². The molecular weight excluding hydrogens is 328 g/mol. The first-order valence-corrected chi connectivity index (χ1v) is 8.14. The SMILES string of the molecule is COc1ccc(C(=O)Cc2ccnc(NC(=O)c3ccccc3)c2)cc1. The van der Waals surface area contributed by atoms with E-state index in [-0.39, 0.29) is 18.1 Å². The van der Waals surface area contributed by atoms with E-state index >= 15 is 0 Å². The Morgan fingerprint density at radius 2 is 1.69 bits per heavy atom. The van der Waals surface area contributed by atoms with Gasteiger partial charge >= 0.3 is 0 Å². The Morgan fingerprint density at radius 1 is 0.962 bits per heavy atom. The van der Waals surface area contributed by atoms with Crippen molar-refractivity contribution < 1.29 is 14.3 Å². The summed E-state index contributed by atoms with van der Waals surface area (Å²) in [5, 5.41) is 2.75. The van der Waals surface area contributed by atoms with E-state index in [2.05, 4.69) is 10.3 Å². The summed E-state index contributed by atoms with van der Waals surface area (Å²) < 4.78 is 5.10. The van der Waals surface area contributed by atoms with Crippen LogP contribution in [-0.2, 0) is 6.42 Å². The van der Waals surface area contributed by atoms with Crippen molar-refractivity contribution in [1.29, 1.82) is 0 Å². The third-order valence-corrected chi connectivity index (χ3v) is 3.88.